The first-order valence-electron chi connectivity index (χ1n) is 10.7. The van der Waals surface area contributed by atoms with Crippen molar-refractivity contribution < 1.29 is 24.5 Å². The zero-order valence-corrected chi connectivity index (χ0v) is 18.1. The molecule has 1 aliphatic heterocycles. The number of aliphatic hydroxyl groups excluding tert-OH is 1. The zero-order chi connectivity index (χ0) is 23.4. The molecule has 7 nitrogen and oxygen atoms in total. The number of hydrogen-bond donors (Lipinski definition) is 2. The number of aromatic nitrogens is 1. The summed E-state index contributed by atoms with van der Waals surface area (Å²) in [5.41, 5.74) is 1.71. The third-order valence-electron chi connectivity index (χ3n) is 5.40. The van der Waals surface area contributed by atoms with Crippen LogP contribution < -0.4 is 4.74 Å². The quantitative estimate of drug-likeness (QED) is 0.322. The Hall–Kier alpha value is -4.13. The summed E-state index contributed by atoms with van der Waals surface area (Å²) in [4.78, 5) is 31.7. The van der Waals surface area contributed by atoms with Gasteiger partial charge in [-0.2, -0.15) is 0 Å². The minimum atomic E-state index is -0.828. The fourth-order valence-electron chi connectivity index (χ4n) is 3.84. The number of likely N-dealkylation sites (tertiary alicyclic amines) is 1. The van der Waals surface area contributed by atoms with Crippen LogP contribution in [0, 0.1) is 0 Å². The van der Waals surface area contributed by atoms with Crippen LogP contribution in [0.15, 0.2) is 78.6 Å². The number of aliphatic hydroxyl groups is 1. The Labute approximate surface area is 191 Å². The largest absolute Gasteiger partial charge is 0.508 e. The average molecular weight is 444 g/mol. The van der Waals surface area contributed by atoms with Crippen LogP contribution in [0.3, 0.4) is 0 Å². The van der Waals surface area contributed by atoms with Crippen molar-refractivity contribution in [1.29, 1.82) is 0 Å². The lowest BCUT2D eigenvalue weighted by Crippen LogP contribution is -2.29. The van der Waals surface area contributed by atoms with Gasteiger partial charge in [-0.25, -0.2) is 0 Å². The van der Waals surface area contributed by atoms with E-state index < -0.39 is 17.7 Å². The van der Waals surface area contributed by atoms with E-state index in [0.29, 0.717) is 23.5 Å². The van der Waals surface area contributed by atoms with Crippen LogP contribution in [0.25, 0.3) is 5.76 Å². The van der Waals surface area contributed by atoms with Crippen LogP contribution in [-0.4, -0.2) is 38.4 Å². The van der Waals surface area contributed by atoms with E-state index in [4.69, 9.17) is 4.74 Å². The van der Waals surface area contributed by atoms with Crippen molar-refractivity contribution in [2.75, 3.05) is 6.61 Å². The molecule has 2 aromatic carbocycles. The molecule has 0 saturated carbocycles. The number of Topliss-reactive ketones (excluding diaryl/α,β-unsaturated/α-hetero) is 1. The number of amides is 1. The molecule has 1 atom stereocenters. The molecule has 4 rings (SSSR count). The van der Waals surface area contributed by atoms with Gasteiger partial charge in [0, 0.05) is 24.5 Å². The normalized spacial score (nSPS) is 17.4. The minimum Gasteiger partial charge on any atom is -0.508 e. The third-order valence-corrected chi connectivity index (χ3v) is 5.40. The van der Waals surface area contributed by atoms with Crippen LogP contribution >= 0.6 is 0 Å². The number of carbonyl (C=O) groups is 2. The first-order chi connectivity index (χ1) is 16.0. The Bertz CT molecular complexity index is 1190. The summed E-state index contributed by atoms with van der Waals surface area (Å²) in [6.45, 7) is 2.65. The Morgan fingerprint density at radius 1 is 1.09 bits per heavy atom. The Balaban J connectivity index is 1.81. The Morgan fingerprint density at radius 3 is 2.58 bits per heavy atom. The fraction of sp³-hybridized carbons (Fsp3) is 0.192. The molecule has 1 aliphatic rings. The van der Waals surface area contributed by atoms with Crippen molar-refractivity contribution in [1.82, 2.24) is 9.88 Å². The predicted molar refractivity (Wildman–Crippen MR) is 122 cm³/mol. The number of aromatic hydroxyl groups is 1. The smallest absolute Gasteiger partial charge is 0.295 e. The van der Waals surface area contributed by atoms with Crippen molar-refractivity contribution in [2.45, 2.75) is 25.9 Å². The number of phenols is 1. The second kappa shape index (κ2) is 9.56. The number of nitrogens with zero attached hydrogens (tertiary/aromatic N) is 2. The van der Waals surface area contributed by atoms with Gasteiger partial charge in [0.1, 0.15) is 17.3 Å². The molecular formula is C26H24N2O5. The van der Waals surface area contributed by atoms with Crippen LogP contribution in [0.5, 0.6) is 11.5 Å². The maximum atomic E-state index is 13.1. The molecule has 0 bridgehead atoms. The molecule has 7 heteroatoms. The number of rotatable bonds is 7. The molecule has 2 heterocycles. The number of ketones is 1. The second-order valence-electron chi connectivity index (χ2n) is 7.76. The zero-order valence-electron chi connectivity index (χ0n) is 18.1. The van der Waals surface area contributed by atoms with Gasteiger partial charge in [-0.1, -0.05) is 37.3 Å². The highest BCUT2D eigenvalue weighted by atomic mass is 16.5. The van der Waals surface area contributed by atoms with Crippen molar-refractivity contribution in [3.8, 4) is 11.5 Å². The lowest BCUT2D eigenvalue weighted by atomic mass is 9.95. The molecule has 2 N–H and O–H groups in total. The van der Waals surface area contributed by atoms with Gasteiger partial charge in [0.05, 0.1) is 18.2 Å². The van der Waals surface area contributed by atoms with E-state index in [0.717, 1.165) is 12.0 Å². The van der Waals surface area contributed by atoms with E-state index in [9.17, 15) is 19.8 Å². The maximum Gasteiger partial charge on any atom is 0.295 e. The highest BCUT2D eigenvalue weighted by Crippen LogP contribution is 2.40. The lowest BCUT2D eigenvalue weighted by molar-refractivity contribution is -0.140. The van der Waals surface area contributed by atoms with Gasteiger partial charge in [-0.3, -0.25) is 14.6 Å². The summed E-state index contributed by atoms with van der Waals surface area (Å²) in [6.07, 6.45) is 4.08. The maximum absolute atomic E-state index is 13.1. The summed E-state index contributed by atoms with van der Waals surface area (Å²) in [5, 5.41) is 20.9. The third kappa shape index (κ3) is 4.57. The summed E-state index contributed by atoms with van der Waals surface area (Å²) >= 11 is 0. The van der Waals surface area contributed by atoms with Crippen LogP contribution in [0.4, 0.5) is 0 Å². The molecule has 1 fully saturated rings. The predicted octanol–water partition coefficient (Wildman–Crippen LogP) is 4.20. The van der Waals surface area contributed by atoms with Gasteiger partial charge >= 0.3 is 0 Å². The molecule has 0 spiro atoms. The van der Waals surface area contributed by atoms with E-state index in [2.05, 4.69) is 4.98 Å². The summed E-state index contributed by atoms with van der Waals surface area (Å²) < 4.78 is 5.65. The molecular weight excluding hydrogens is 420 g/mol. The molecule has 1 unspecified atom stereocenters. The van der Waals surface area contributed by atoms with Crippen molar-refractivity contribution in [3.05, 3.63) is 95.3 Å². The molecule has 1 saturated heterocycles. The summed E-state index contributed by atoms with van der Waals surface area (Å²) in [7, 11) is 0. The molecule has 1 aromatic heterocycles. The lowest BCUT2D eigenvalue weighted by Gasteiger charge is -2.25. The highest BCUT2D eigenvalue weighted by molar-refractivity contribution is 6.46. The molecule has 1 amide bonds. The highest BCUT2D eigenvalue weighted by Gasteiger charge is 2.46. The van der Waals surface area contributed by atoms with Crippen LogP contribution in [0.2, 0.25) is 0 Å². The first kappa shape index (κ1) is 22.1. The minimum absolute atomic E-state index is 0.0118. The standard InChI is InChI=1S/C26H24N2O5/c1-2-13-33-21-7-3-6-19(14-21)24(30)22-23(18-8-10-20(29)11-9-18)28(26(32)25(22)31)16-17-5-4-12-27-15-17/h3-12,14-15,23,29-30H,2,13,16H2,1H3/b24-22-. The number of carbonyl (C=O) groups excluding carboxylic acids is 2. The molecule has 33 heavy (non-hydrogen) atoms. The molecule has 3 aromatic rings. The van der Waals surface area contributed by atoms with Gasteiger partial charge in [0.2, 0.25) is 0 Å². The monoisotopic (exact) mass is 444 g/mol. The van der Waals surface area contributed by atoms with Crippen LogP contribution in [0.1, 0.15) is 36.1 Å². The summed E-state index contributed by atoms with van der Waals surface area (Å²) in [6, 6.07) is 15.8. The number of phenolic OH excluding ortho intramolecular Hbond substituents is 1. The van der Waals surface area contributed by atoms with E-state index in [1.54, 1.807) is 54.9 Å². The fourth-order valence-corrected chi connectivity index (χ4v) is 3.84. The molecule has 0 aliphatic carbocycles. The van der Waals surface area contributed by atoms with Crippen molar-refractivity contribution in [2.24, 2.45) is 0 Å². The number of ether oxygens (including phenoxy) is 1. The van der Waals surface area contributed by atoms with E-state index in [-0.39, 0.29) is 23.6 Å². The number of pyridine rings is 1. The van der Waals surface area contributed by atoms with Gasteiger partial charge < -0.3 is 19.8 Å². The van der Waals surface area contributed by atoms with Gasteiger partial charge in [0.25, 0.3) is 11.7 Å². The molecule has 0 radical (unpaired) electrons. The van der Waals surface area contributed by atoms with Gasteiger partial charge in [0.15, 0.2) is 0 Å². The van der Waals surface area contributed by atoms with E-state index in [1.807, 2.05) is 13.0 Å². The SMILES string of the molecule is CCCOc1cccc(/C(O)=C2/C(=O)C(=O)N(Cc3cccnc3)C2c2ccc(O)cc2)c1. The first-order valence-corrected chi connectivity index (χ1v) is 10.7. The van der Waals surface area contributed by atoms with Gasteiger partial charge in [-0.15, -0.1) is 0 Å². The second-order valence-corrected chi connectivity index (χ2v) is 7.76. The Kier molecular flexibility index (Phi) is 6.40. The summed E-state index contributed by atoms with van der Waals surface area (Å²) in [5.74, 6) is -1.14. The van der Waals surface area contributed by atoms with E-state index >= 15 is 0 Å². The van der Waals surface area contributed by atoms with Gasteiger partial charge in [-0.05, 0) is 47.9 Å². The number of hydrogen-bond acceptors (Lipinski definition) is 6. The van der Waals surface area contributed by atoms with Crippen LogP contribution in [-0.2, 0) is 16.1 Å². The van der Waals surface area contributed by atoms with Crippen molar-refractivity contribution >= 4 is 17.4 Å². The number of benzene rings is 2. The molecule has 168 valence electrons. The average Bonchev–Trinajstić information content (AvgIpc) is 3.08. The van der Waals surface area contributed by atoms with Crippen molar-refractivity contribution in [3.63, 3.8) is 0 Å². The Morgan fingerprint density at radius 2 is 1.88 bits per heavy atom. The topological polar surface area (TPSA) is 100.0 Å². The van der Waals surface area contributed by atoms with E-state index in [1.165, 1.54) is 17.0 Å².